The van der Waals surface area contributed by atoms with E-state index in [4.69, 9.17) is 16.2 Å². The molecule has 0 aromatic heterocycles. The van der Waals surface area contributed by atoms with Crippen LogP contribution in [0, 0.1) is 0 Å². The molecule has 8 heteroatoms. The fourth-order valence-electron chi connectivity index (χ4n) is 1.61. The van der Waals surface area contributed by atoms with Crippen LogP contribution >= 0.6 is 11.8 Å². The van der Waals surface area contributed by atoms with Crippen LogP contribution in [0.4, 0.5) is 0 Å². The van der Waals surface area contributed by atoms with Gasteiger partial charge >= 0.3 is 0 Å². The molecular weight excluding hydrogens is 266 g/mol. The van der Waals surface area contributed by atoms with Gasteiger partial charge in [-0.1, -0.05) is 18.3 Å². The molecule has 1 saturated heterocycles. The van der Waals surface area contributed by atoms with Crippen molar-refractivity contribution in [2.45, 2.75) is 5.37 Å². The van der Waals surface area contributed by atoms with Crippen molar-refractivity contribution >= 4 is 17.6 Å². The summed E-state index contributed by atoms with van der Waals surface area (Å²) in [4.78, 5) is 4.42. The summed E-state index contributed by atoms with van der Waals surface area (Å²) in [6, 6.07) is 0. The Morgan fingerprint density at radius 2 is 2.26 bits per heavy atom. The number of hydrogen-bond donors (Lipinski definition) is 5. The van der Waals surface area contributed by atoms with Gasteiger partial charge in [0.05, 0.1) is 12.8 Å². The molecule has 7 N–H and O–H groups in total. The minimum Gasteiger partial charge on any atom is -0.494 e. The molecule has 7 nitrogen and oxygen atoms in total. The number of thioether (sulfide) groups is 1. The average Bonchev–Trinajstić information content (AvgIpc) is 2.36. The number of ether oxygens (including phenoxy) is 1. The third-order valence-corrected chi connectivity index (χ3v) is 3.64. The molecule has 1 atom stereocenters. The Kier molecular flexibility index (Phi) is 3.61. The van der Waals surface area contributed by atoms with Gasteiger partial charge in [0.2, 0.25) is 0 Å². The van der Waals surface area contributed by atoms with Crippen molar-refractivity contribution in [3.63, 3.8) is 0 Å². The Morgan fingerprint density at radius 1 is 1.53 bits per heavy atom. The second-order valence-electron chi connectivity index (χ2n) is 3.79. The molecule has 0 bridgehead atoms. The minimum absolute atomic E-state index is 0.123. The number of rotatable bonds is 2. The highest BCUT2D eigenvalue weighted by atomic mass is 32.2. The van der Waals surface area contributed by atoms with Crippen molar-refractivity contribution in [2.24, 2.45) is 16.5 Å². The largest absolute Gasteiger partial charge is 0.494 e. The smallest absolute Gasteiger partial charge is 0.199 e. The Hall–Kier alpha value is -2.22. The third kappa shape index (κ3) is 2.79. The SMILES string of the molecule is C=C(N)/N=C1/NC2=CC=C(OC)NC2S/C1=C(/N)O. The summed E-state index contributed by atoms with van der Waals surface area (Å²) >= 11 is 1.31. The molecule has 102 valence electrons. The van der Waals surface area contributed by atoms with Gasteiger partial charge in [-0.05, 0) is 12.2 Å². The molecular formula is C11H15N5O2S. The second kappa shape index (κ2) is 5.19. The molecule has 0 saturated carbocycles. The number of aliphatic imine (C=N–C) groups is 1. The summed E-state index contributed by atoms with van der Waals surface area (Å²) in [5.74, 6) is 0.795. The van der Waals surface area contributed by atoms with Crippen molar-refractivity contribution in [1.82, 2.24) is 10.6 Å². The molecule has 0 aromatic carbocycles. The van der Waals surface area contributed by atoms with E-state index in [1.54, 1.807) is 13.2 Å². The van der Waals surface area contributed by atoms with Crippen LogP contribution in [0.15, 0.2) is 51.9 Å². The molecule has 1 unspecified atom stereocenters. The zero-order valence-electron chi connectivity index (χ0n) is 10.3. The minimum atomic E-state index is -0.327. The van der Waals surface area contributed by atoms with Gasteiger partial charge < -0.3 is 31.9 Å². The number of fused-ring (bicyclic) bond motifs is 1. The molecule has 2 aliphatic rings. The Labute approximate surface area is 114 Å². The van der Waals surface area contributed by atoms with E-state index >= 15 is 0 Å². The van der Waals surface area contributed by atoms with Gasteiger partial charge in [0, 0.05) is 0 Å². The number of aliphatic hydroxyl groups is 1. The molecule has 2 aliphatic heterocycles. The van der Waals surface area contributed by atoms with Crippen molar-refractivity contribution in [2.75, 3.05) is 7.11 Å². The van der Waals surface area contributed by atoms with E-state index in [1.807, 2.05) is 6.08 Å². The van der Waals surface area contributed by atoms with E-state index in [0.29, 0.717) is 16.6 Å². The monoisotopic (exact) mass is 281 g/mol. The van der Waals surface area contributed by atoms with Crippen LogP contribution in [0.3, 0.4) is 0 Å². The van der Waals surface area contributed by atoms with Crippen LogP contribution in [0.1, 0.15) is 0 Å². The van der Waals surface area contributed by atoms with Crippen molar-refractivity contribution in [3.05, 3.63) is 46.9 Å². The van der Waals surface area contributed by atoms with E-state index in [0.717, 1.165) is 5.70 Å². The number of nitrogens with two attached hydrogens (primary N) is 2. The maximum absolute atomic E-state index is 9.53. The topological polar surface area (TPSA) is 118 Å². The summed E-state index contributed by atoms with van der Waals surface area (Å²) in [6.07, 6.45) is 3.64. The van der Waals surface area contributed by atoms with Crippen LogP contribution in [0.2, 0.25) is 0 Å². The highest BCUT2D eigenvalue weighted by Gasteiger charge is 2.31. The van der Waals surface area contributed by atoms with Crippen LogP contribution < -0.4 is 22.1 Å². The average molecular weight is 281 g/mol. The lowest BCUT2D eigenvalue weighted by molar-refractivity contribution is 0.259. The maximum Gasteiger partial charge on any atom is 0.199 e. The highest BCUT2D eigenvalue weighted by molar-refractivity contribution is 8.04. The van der Waals surface area contributed by atoms with Crippen LogP contribution in [-0.4, -0.2) is 23.4 Å². The first-order chi connectivity index (χ1) is 9.01. The summed E-state index contributed by atoms with van der Waals surface area (Å²) in [5.41, 5.74) is 11.8. The van der Waals surface area contributed by atoms with Crippen molar-refractivity contribution < 1.29 is 9.84 Å². The van der Waals surface area contributed by atoms with Gasteiger partial charge in [-0.3, -0.25) is 0 Å². The number of dihydropyridines is 1. The second-order valence-corrected chi connectivity index (χ2v) is 4.91. The number of amidine groups is 1. The Morgan fingerprint density at radius 3 is 2.84 bits per heavy atom. The Balaban J connectivity index is 2.35. The van der Waals surface area contributed by atoms with Gasteiger partial charge in [-0.2, -0.15) is 0 Å². The summed E-state index contributed by atoms with van der Waals surface area (Å²) in [6.45, 7) is 3.50. The fourth-order valence-corrected chi connectivity index (χ4v) is 2.61. The number of nitrogens with zero attached hydrogens (tertiary/aromatic N) is 1. The number of hydrogen-bond acceptors (Lipinski definition) is 7. The molecule has 0 radical (unpaired) electrons. The molecule has 2 rings (SSSR count). The van der Waals surface area contributed by atoms with Crippen LogP contribution in [-0.2, 0) is 4.74 Å². The molecule has 0 aliphatic carbocycles. The van der Waals surface area contributed by atoms with Crippen molar-refractivity contribution in [3.8, 4) is 0 Å². The Bertz CT molecular complexity index is 531. The number of nitrogens with one attached hydrogen (secondary N) is 2. The predicted molar refractivity (Wildman–Crippen MR) is 75.4 cm³/mol. The standard InChI is InChI=1S/C11H15N5O2S/c1-5(12)14-10-8(9(13)17)19-11-6(15-10)3-4-7(16-11)18-2/h3-4,11,16-17H,1,12-13H2,2H3,(H,14,15)/b9-8-. The molecule has 19 heavy (non-hydrogen) atoms. The lowest BCUT2D eigenvalue weighted by Crippen LogP contribution is -2.44. The normalized spacial score (nSPS) is 26.4. The molecule has 0 spiro atoms. The van der Waals surface area contributed by atoms with E-state index in [-0.39, 0.29) is 17.1 Å². The molecule has 2 heterocycles. The maximum atomic E-state index is 9.53. The van der Waals surface area contributed by atoms with E-state index in [9.17, 15) is 5.11 Å². The van der Waals surface area contributed by atoms with Gasteiger partial charge in [0.1, 0.15) is 16.1 Å². The van der Waals surface area contributed by atoms with E-state index in [2.05, 4.69) is 22.2 Å². The third-order valence-electron chi connectivity index (χ3n) is 2.39. The van der Waals surface area contributed by atoms with Gasteiger partial charge in [0.15, 0.2) is 17.6 Å². The highest BCUT2D eigenvalue weighted by Crippen LogP contribution is 2.33. The van der Waals surface area contributed by atoms with Gasteiger partial charge in [0.25, 0.3) is 0 Å². The van der Waals surface area contributed by atoms with Crippen LogP contribution in [0.5, 0.6) is 0 Å². The number of allylic oxidation sites excluding steroid dienone is 2. The van der Waals surface area contributed by atoms with E-state index in [1.165, 1.54) is 11.8 Å². The van der Waals surface area contributed by atoms with Crippen LogP contribution in [0.25, 0.3) is 0 Å². The van der Waals surface area contributed by atoms with E-state index < -0.39 is 0 Å². The summed E-state index contributed by atoms with van der Waals surface area (Å²) < 4.78 is 5.12. The quantitative estimate of drug-likeness (QED) is 0.457. The fraction of sp³-hybridized carbons (Fsp3) is 0.182. The lowest BCUT2D eigenvalue weighted by atomic mass is 10.3. The number of methoxy groups -OCH3 is 1. The zero-order chi connectivity index (χ0) is 14.0. The molecule has 0 amide bonds. The van der Waals surface area contributed by atoms with Crippen molar-refractivity contribution in [1.29, 1.82) is 0 Å². The molecule has 0 aromatic rings. The predicted octanol–water partition coefficient (Wildman–Crippen LogP) is 0.138. The molecule has 1 fully saturated rings. The first-order valence-corrected chi connectivity index (χ1v) is 6.27. The first-order valence-electron chi connectivity index (χ1n) is 5.39. The summed E-state index contributed by atoms with van der Waals surface area (Å²) in [7, 11) is 1.57. The lowest BCUT2D eigenvalue weighted by Gasteiger charge is -2.32. The van der Waals surface area contributed by atoms with Gasteiger partial charge in [-0.15, -0.1) is 0 Å². The van der Waals surface area contributed by atoms with Gasteiger partial charge in [-0.25, -0.2) is 4.99 Å². The summed E-state index contributed by atoms with van der Waals surface area (Å²) in [5, 5.41) is 15.6. The number of aliphatic hydroxyl groups excluding tert-OH is 1. The zero-order valence-corrected chi connectivity index (χ0v) is 11.1. The first kappa shape index (κ1) is 13.2.